The first kappa shape index (κ1) is 11.3. The van der Waals surface area contributed by atoms with Gasteiger partial charge in [-0.2, -0.15) is 0 Å². The standard InChI is InChI=1S/C13H13NO3/c1-16-12-7-11(15)8-14-13(12)17-9-10-5-3-2-4-6-10/h2-8,15H,9H2,1H3. The van der Waals surface area contributed by atoms with Crippen LogP contribution in [0, 0.1) is 0 Å². The summed E-state index contributed by atoms with van der Waals surface area (Å²) in [5.41, 5.74) is 1.05. The van der Waals surface area contributed by atoms with Gasteiger partial charge in [0.25, 0.3) is 5.88 Å². The second-order valence-corrected chi connectivity index (χ2v) is 3.48. The fraction of sp³-hybridized carbons (Fsp3) is 0.154. The second kappa shape index (κ2) is 5.21. The number of aromatic hydroxyl groups is 1. The van der Waals surface area contributed by atoms with Crippen molar-refractivity contribution in [3.63, 3.8) is 0 Å². The number of methoxy groups -OCH3 is 1. The lowest BCUT2D eigenvalue weighted by Crippen LogP contribution is -1.99. The van der Waals surface area contributed by atoms with Crippen molar-refractivity contribution < 1.29 is 14.6 Å². The highest BCUT2D eigenvalue weighted by molar-refractivity contribution is 5.38. The van der Waals surface area contributed by atoms with Crippen molar-refractivity contribution in [3.8, 4) is 17.4 Å². The number of hydrogen-bond donors (Lipinski definition) is 1. The van der Waals surface area contributed by atoms with Crippen LogP contribution in [0.25, 0.3) is 0 Å². The zero-order valence-corrected chi connectivity index (χ0v) is 9.46. The van der Waals surface area contributed by atoms with Crippen LogP contribution in [-0.2, 0) is 6.61 Å². The highest BCUT2D eigenvalue weighted by Gasteiger charge is 2.07. The van der Waals surface area contributed by atoms with Crippen molar-refractivity contribution in [2.75, 3.05) is 7.11 Å². The minimum atomic E-state index is 0.0499. The summed E-state index contributed by atoms with van der Waals surface area (Å²) in [6.45, 7) is 0.412. The summed E-state index contributed by atoms with van der Waals surface area (Å²) >= 11 is 0. The number of benzene rings is 1. The van der Waals surface area contributed by atoms with Crippen molar-refractivity contribution in [1.29, 1.82) is 0 Å². The molecule has 0 fully saturated rings. The molecule has 0 aliphatic rings. The van der Waals surface area contributed by atoms with E-state index in [2.05, 4.69) is 4.98 Å². The molecule has 1 heterocycles. The van der Waals surface area contributed by atoms with E-state index in [9.17, 15) is 5.11 Å². The molecular formula is C13H13NO3. The molecule has 4 heteroatoms. The molecule has 0 radical (unpaired) electrons. The van der Waals surface area contributed by atoms with E-state index in [1.807, 2.05) is 30.3 Å². The molecular weight excluding hydrogens is 218 g/mol. The maximum atomic E-state index is 9.26. The Balaban J connectivity index is 2.09. The van der Waals surface area contributed by atoms with Crippen molar-refractivity contribution >= 4 is 0 Å². The monoisotopic (exact) mass is 231 g/mol. The fourth-order valence-electron chi connectivity index (χ4n) is 1.40. The molecule has 0 amide bonds. The molecule has 0 aliphatic carbocycles. The molecule has 88 valence electrons. The molecule has 2 aromatic rings. The van der Waals surface area contributed by atoms with E-state index < -0.39 is 0 Å². The number of nitrogens with zero attached hydrogens (tertiary/aromatic N) is 1. The Kier molecular flexibility index (Phi) is 3.45. The van der Waals surface area contributed by atoms with Crippen LogP contribution in [0.3, 0.4) is 0 Å². The average molecular weight is 231 g/mol. The zero-order valence-electron chi connectivity index (χ0n) is 9.46. The fourth-order valence-corrected chi connectivity index (χ4v) is 1.40. The van der Waals surface area contributed by atoms with Crippen molar-refractivity contribution in [1.82, 2.24) is 4.98 Å². The van der Waals surface area contributed by atoms with Gasteiger partial charge in [-0.25, -0.2) is 4.98 Å². The van der Waals surface area contributed by atoms with Gasteiger partial charge in [-0.1, -0.05) is 30.3 Å². The van der Waals surface area contributed by atoms with Gasteiger partial charge >= 0.3 is 0 Å². The summed E-state index contributed by atoms with van der Waals surface area (Å²) in [5, 5.41) is 9.26. The third kappa shape index (κ3) is 2.87. The van der Waals surface area contributed by atoms with E-state index in [4.69, 9.17) is 9.47 Å². The molecule has 0 atom stereocenters. The van der Waals surface area contributed by atoms with Gasteiger partial charge in [0.1, 0.15) is 12.4 Å². The Morgan fingerprint density at radius 2 is 2.00 bits per heavy atom. The van der Waals surface area contributed by atoms with E-state index >= 15 is 0 Å². The predicted molar refractivity (Wildman–Crippen MR) is 63.2 cm³/mol. The van der Waals surface area contributed by atoms with E-state index in [0.29, 0.717) is 18.2 Å². The maximum absolute atomic E-state index is 9.26. The molecule has 0 bridgehead atoms. The summed E-state index contributed by atoms with van der Waals surface area (Å²) < 4.78 is 10.6. The number of hydrogen-bond acceptors (Lipinski definition) is 4. The Bertz CT molecular complexity index is 485. The van der Waals surface area contributed by atoms with Crippen LogP contribution in [0.4, 0.5) is 0 Å². The van der Waals surface area contributed by atoms with Crippen LogP contribution in [0.15, 0.2) is 42.6 Å². The molecule has 1 aromatic carbocycles. The van der Waals surface area contributed by atoms with Gasteiger partial charge in [-0.3, -0.25) is 0 Å². The predicted octanol–water partition coefficient (Wildman–Crippen LogP) is 2.37. The average Bonchev–Trinajstić information content (AvgIpc) is 2.38. The summed E-state index contributed by atoms with van der Waals surface area (Å²) in [6.07, 6.45) is 1.32. The van der Waals surface area contributed by atoms with Gasteiger partial charge in [0.05, 0.1) is 13.3 Å². The summed E-state index contributed by atoms with van der Waals surface area (Å²) in [7, 11) is 1.51. The van der Waals surface area contributed by atoms with E-state index in [1.165, 1.54) is 19.4 Å². The quantitative estimate of drug-likeness (QED) is 0.877. The minimum Gasteiger partial charge on any atom is -0.506 e. The summed E-state index contributed by atoms with van der Waals surface area (Å²) in [5.74, 6) is 0.837. The molecule has 1 aromatic heterocycles. The lowest BCUT2D eigenvalue weighted by molar-refractivity contribution is 0.271. The van der Waals surface area contributed by atoms with Gasteiger partial charge in [-0.15, -0.1) is 0 Å². The largest absolute Gasteiger partial charge is 0.506 e. The summed E-state index contributed by atoms with van der Waals surface area (Å²) in [6, 6.07) is 11.2. The molecule has 0 unspecified atom stereocenters. The molecule has 0 aliphatic heterocycles. The summed E-state index contributed by atoms with van der Waals surface area (Å²) in [4.78, 5) is 3.97. The molecule has 0 spiro atoms. The molecule has 1 N–H and O–H groups in total. The third-order valence-corrected chi connectivity index (χ3v) is 2.24. The van der Waals surface area contributed by atoms with E-state index in [1.54, 1.807) is 0 Å². The molecule has 0 saturated carbocycles. The van der Waals surface area contributed by atoms with E-state index in [0.717, 1.165) is 5.56 Å². The first-order chi connectivity index (χ1) is 8.29. The van der Waals surface area contributed by atoms with Gasteiger partial charge < -0.3 is 14.6 Å². The SMILES string of the molecule is COc1cc(O)cnc1OCc1ccccc1. The highest BCUT2D eigenvalue weighted by atomic mass is 16.5. The normalized spacial score (nSPS) is 9.94. The first-order valence-corrected chi connectivity index (χ1v) is 5.19. The lowest BCUT2D eigenvalue weighted by Gasteiger charge is -2.09. The van der Waals surface area contributed by atoms with Gasteiger partial charge in [-0.05, 0) is 5.56 Å². The molecule has 17 heavy (non-hydrogen) atoms. The van der Waals surface area contributed by atoms with Crippen LogP contribution in [0.1, 0.15) is 5.56 Å². The highest BCUT2D eigenvalue weighted by Crippen LogP contribution is 2.28. The van der Waals surface area contributed by atoms with E-state index in [-0.39, 0.29) is 5.75 Å². The third-order valence-electron chi connectivity index (χ3n) is 2.24. The number of ether oxygens (including phenoxy) is 2. The Labute approximate surface area is 99.5 Å². The molecule has 0 saturated heterocycles. The minimum absolute atomic E-state index is 0.0499. The van der Waals surface area contributed by atoms with Crippen LogP contribution in [-0.4, -0.2) is 17.2 Å². The Morgan fingerprint density at radius 3 is 2.71 bits per heavy atom. The van der Waals surface area contributed by atoms with Crippen LogP contribution >= 0.6 is 0 Å². The second-order valence-electron chi connectivity index (χ2n) is 3.48. The Hall–Kier alpha value is -2.23. The molecule has 2 rings (SSSR count). The van der Waals surface area contributed by atoms with Crippen molar-refractivity contribution in [2.45, 2.75) is 6.61 Å². The van der Waals surface area contributed by atoms with Crippen LogP contribution in [0.2, 0.25) is 0 Å². The zero-order chi connectivity index (χ0) is 12.1. The van der Waals surface area contributed by atoms with Crippen LogP contribution in [0.5, 0.6) is 17.4 Å². The maximum Gasteiger partial charge on any atom is 0.257 e. The number of pyridine rings is 1. The molecule has 4 nitrogen and oxygen atoms in total. The van der Waals surface area contributed by atoms with Gasteiger partial charge in [0.2, 0.25) is 0 Å². The van der Waals surface area contributed by atoms with Crippen molar-refractivity contribution in [2.24, 2.45) is 0 Å². The first-order valence-electron chi connectivity index (χ1n) is 5.19. The lowest BCUT2D eigenvalue weighted by atomic mass is 10.2. The number of aromatic nitrogens is 1. The van der Waals surface area contributed by atoms with Gasteiger partial charge in [0.15, 0.2) is 5.75 Å². The topological polar surface area (TPSA) is 51.6 Å². The smallest absolute Gasteiger partial charge is 0.257 e. The Morgan fingerprint density at radius 1 is 1.24 bits per heavy atom. The van der Waals surface area contributed by atoms with Crippen LogP contribution < -0.4 is 9.47 Å². The van der Waals surface area contributed by atoms with Crippen molar-refractivity contribution in [3.05, 3.63) is 48.2 Å². The van der Waals surface area contributed by atoms with Gasteiger partial charge in [0, 0.05) is 6.07 Å². The number of rotatable bonds is 4.